The molecule has 90 valence electrons. The van der Waals surface area contributed by atoms with Gasteiger partial charge in [-0.2, -0.15) is 0 Å². The highest BCUT2D eigenvalue weighted by Crippen LogP contribution is 2.35. The summed E-state index contributed by atoms with van der Waals surface area (Å²) in [5.74, 6) is 1.16. The van der Waals surface area contributed by atoms with E-state index < -0.39 is 0 Å². The van der Waals surface area contributed by atoms with Crippen LogP contribution in [0.5, 0.6) is 0 Å². The maximum absolute atomic E-state index is 12.1. The number of piperidine rings is 1. The predicted octanol–water partition coefficient (Wildman–Crippen LogP) is 1.92. The summed E-state index contributed by atoms with van der Waals surface area (Å²) in [4.78, 5) is 16.3. The van der Waals surface area contributed by atoms with E-state index >= 15 is 0 Å². The number of fused-ring (bicyclic) bond motifs is 2. The molecule has 1 aliphatic heterocycles. The minimum absolute atomic E-state index is 0.0328. The number of nitrogens with zero attached hydrogens (tertiary/aromatic N) is 1. The fourth-order valence-corrected chi connectivity index (χ4v) is 3.18. The molecule has 17 heavy (non-hydrogen) atoms. The van der Waals surface area contributed by atoms with Crippen molar-refractivity contribution >= 4 is 27.7 Å². The van der Waals surface area contributed by atoms with Gasteiger partial charge in [0.1, 0.15) is 10.4 Å². The van der Waals surface area contributed by atoms with E-state index in [0.29, 0.717) is 17.8 Å². The van der Waals surface area contributed by atoms with Crippen molar-refractivity contribution < 1.29 is 4.79 Å². The summed E-state index contributed by atoms with van der Waals surface area (Å²) in [6, 6.07) is 6.02. The highest BCUT2D eigenvalue weighted by atomic mass is 79.9. The van der Waals surface area contributed by atoms with E-state index in [9.17, 15) is 4.79 Å². The molecule has 2 fully saturated rings. The monoisotopic (exact) mass is 295 g/mol. The van der Waals surface area contributed by atoms with Gasteiger partial charge in [0.05, 0.1) is 6.04 Å². The largest absolute Gasteiger partial charge is 0.309 e. The summed E-state index contributed by atoms with van der Waals surface area (Å²) in [6.07, 6.45) is 3.52. The van der Waals surface area contributed by atoms with Crippen molar-refractivity contribution in [3.8, 4) is 0 Å². The molecule has 4 nitrogen and oxygen atoms in total. The van der Waals surface area contributed by atoms with Crippen LogP contribution < -0.4 is 10.6 Å². The van der Waals surface area contributed by atoms with E-state index in [-0.39, 0.29) is 11.9 Å². The Morgan fingerprint density at radius 2 is 2.35 bits per heavy atom. The average Bonchev–Trinajstić information content (AvgIpc) is 2.90. The van der Waals surface area contributed by atoms with Gasteiger partial charge in [-0.3, -0.25) is 4.79 Å². The molecule has 1 aliphatic carbocycles. The number of anilines is 1. The van der Waals surface area contributed by atoms with Crippen LogP contribution in [0.3, 0.4) is 0 Å². The third-order valence-electron chi connectivity index (χ3n) is 3.61. The molecule has 2 bridgehead atoms. The second-order valence-electron chi connectivity index (χ2n) is 4.75. The van der Waals surface area contributed by atoms with Gasteiger partial charge in [-0.1, -0.05) is 6.07 Å². The van der Waals surface area contributed by atoms with E-state index in [4.69, 9.17) is 0 Å². The molecular weight excluding hydrogens is 282 g/mol. The lowest BCUT2D eigenvalue weighted by Crippen LogP contribution is -2.44. The Labute approximate surface area is 108 Å². The molecule has 5 heteroatoms. The molecule has 1 aromatic rings. The van der Waals surface area contributed by atoms with Crippen LogP contribution in [0.4, 0.5) is 5.82 Å². The summed E-state index contributed by atoms with van der Waals surface area (Å²) < 4.78 is 0.733. The summed E-state index contributed by atoms with van der Waals surface area (Å²) in [7, 11) is 0. The first-order chi connectivity index (χ1) is 8.22. The molecule has 1 aromatic heterocycles. The number of hydrogen-bond acceptors (Lipinski definition) is 3. The summed E-state index contributed by atoms with van der Waals surface area (Å²) >= 11 is 3.29. The van der Waals surface area contributed by atoms with Gasteiger partial charge in [0.2, 0.25) is 5.91 Å². The molecule has 1 saturated heterocycles. The highest BCUT2D eigenvalue weighted by Gasteiger charge is 2.42. The van der Waals surface area contributed by atoms with Crippen molar-refractivity contribution in [1.29, 1.82) is 0 Å². The minimum atomic E-state index is -0.0328. The van der Waals surface area contributed by atoms with E-state index in [2.05, 4.69) is 31.5 Å². The molecule has 3 rings (SSSR count). The molecule has 0 spiro atoms. The molecule has 0 aromatic carbocycles. The predicted molar refractivity (Wildman–Crippen MR) is 68.6 cm³/mol. The highest BCUT2D eigenvalue weighted by molar-refractivity contribution is 9.10. The number of halogens is 1. The number of aromatic nitrogens is 1. The normalized spacial score (nSPS) is 30.5. The number of pyridine rings is 1. The molecule has 2 aliphatic rings. The van der Waals surface area contributed by atoms with E-state index in [1.54, 1.807) is 6.07 Å². The molecule has 3 atom stereocenters. The van der Waals surface area contributed by atoms with Crippen LogP contribution in [0.2, 0.25) is 0 Å². The number of nitrogens with one attached hydrogen (secondary N) is 2. The van der Waals surface area contributed by atoms with Crippen LogP contribution in [-0.2, 0) is 4.79 Å². The third kappa shape index (κ3) is 2.21. The molecular formula is C12H14BrN3O. The molecule has 0 radical (unpaired) electrons. The number of hydrogen-bond donors (Lipinski definition) is 2. The second-order valence-corrected chi connectivity index (χ2v) is 5.56. The lowest BCUT2D eigenvalue weighted by atomic mass is 9.99. The van der Waals surface area contributed by atoms with Crippen molar-refractivity contribution in [3.63, 3.8) is 0 Å². The minimum Gasteiger partial charge on any atom is -0.309 e. The number of carbonyl (C=O) groups is 1. The molecule has 2 N–H and O–H groups in total. The Balaban J connectivity index is 1.68. The summed E-state index contributed by atoms with van der Waals surface area (Å²) in [5.41, 5.74) is 0. The van der Waals surface area contributed by atoms with Crippen molar-refractivity contribution in [1.82, 2.24) is 10.3 Å². The quantitative estimate of drug-likeness (QED) is 0.820. The maximum atomic E-state index is 12.1. The van der Waals surface area contributed by atoms with Crippen LogP contribution in [0, 0.1) is 5.92 Å². The molecule has 1 amide bonds. The Hall–Kier alpha value is -0.940. The van der Waals surface area contributed by atoms with Gasteiger partial charge in [-0.05, 0) is 53.2 Å². The van der Waals surface area contributed by atoms with Gasteiger partial charge in [0.15, 0.2) is 0 Å². The van der Waals surface area contributed by atoms with Crippen molar-refractivity contribution in [2.45, 2.75) is 31.3 Å². The zero-order chi connectivity index (χ0) is 11.8. The van der Waals surface area contributed by atoms with Gasteiger partial charge in [0.25, 0.3) is 0 Å². The maximum Gasteiger partial charge on any atom is 0.242 e. The van der Waals surface area contributed by atoms with Crippen molar-refractivity contribution in [2.75, 3.05) is 5.32 Å². The van der Waals surface area contributed by atoms with Gasteiger partial charge in [-0.15, -0.1) is 0 Å². The Kier molecular flexibility index (Phi) is 2.88. The van der Waals surface area contributed by atoms with Gasteiger partial charge in [-0.25, -0.2) is 4.98 Å². The first-order valence-corrected chi connectivity index (χ1v) is 6.71. The fraction of sp³-hybridized carbons (Fsp3) is 0.500. The standard InChI is InChI=1S/C12H14BrN3O/c13-9-2-1-3-10(15-9)16-12(17)11-7-4-5-8(6-7)14-11/h1-3,7-8,11,14H,4-6H2,(H,15,16,17)/t7-,8+,11-/m0/s1. The lowest BCUT2D eigenvalue weighted by molar-refractivity contribution is -0.119. The van der Waals surface area contributed by atoms with Crippen LogP contribution >= 0.6 is 15.9 Å². The van der Waals surface area contributed by atoms with E-state index in [1.165, 1.54) is 12.8 Å². The van der Waals surface area contributed by atoms with Gasteiger partial charge < -0.3 is 10.6 Å². The number of rotatable bonds is 2. The Morgan fingerprint density at radius 3 is 3.00 bits per heavy atom. The van der Waals surface area contributed by atoms with Gasteiger partial charge in [0, 0.05) is 6.04 Å². The van der Waals surface area contributed by atoms with E-state index in [0.717, 1.165) is 11.0 Å². The van der Waals surface area contributed by atoms with Crippen molar-refractivity contribution in [3.05, 3.63) is 22.8 Å². The average molecular weight is 296 g/mol. The van der Waals surface area contributed by atoms with Crippen LogP contribution in [0.15, 0.2) is 22.8 Å². The topological polar surface area (TPSA) is 54.0 Å². The smallest absolute Gasteiger partial charge is 0.242 e. The second kappa shape index (κ2) is 4.38. The number of amides is 1. The Morgan fingerprint density at radius 1 is 1.47 bits per heavy atom. The van der Waals surface area contributed by atoms with Gasteiger partial charge >= 0.3 is 0 Å². The van der Waals surface area contributed by atoms with Crippen LogP contribution in [-0.4, -0.2) is 23.0 Å². The number of carbonyl (C=O) groups excluding carboxylic acids is 1. The summed E-state index contributed by atoms with van der Waals surface area (Å²) in [5, 5.41) is 6.24. The fourth-order valence-electron chi connectivity index (χ4n) is 2.83. The lowest BCUT2D eigenvalue weighted by Gasteiger charge is -2.21. The zero-order valence-corrected chi connectivity index (χ0v) is 10.9. The zero-order valence-electron chi connectivity index (χ0n) is 9.32. The van der Waals surface area contributed by atoms with Crippen molar-refractivity contribution in [2.24, 2.45) is 5.92 Å². The Bertz CT molecular complexity index is 451. The summed E-state index contributed by atoms with van der Waals surface area (Å²) in [6.45, 7) is 0. The SMILES string of the molecule is O=C(Nc1cccc(Br)n1)[C@H]1N[C@@H]2CC[C@H]1C2. The van der Waals surface area contributed by atoms with Crippen LogP contribution in [0.25, 0.3) is 0 Å². The molecule has 1 saturated carbocycles. The first kappa shape index (κ1) is 11.2. The van der Waals surface area contributed by atoms with E-state index in [1.807, 2.05) is 12.1 Å². The molecule has 2 heterocycles. The first-order valence-electron chi connectivity index (χ1n) is 5.92. The third-order valence-corrected chi connectivity index (χ3v) is 4.05. The van der Waals surface area contributed by atoms with Crippen LogP contribution in [0.1, 0.15) is 19.3 Å². The molecule has 0 unspecified atom stereocenters.